The lowest BCUT2D eigenvalue weighted by molar-refractivity contribution is 0.0721. The van der Waals surface area contributed by atoms with Crippen LogP contribution in [0.25, 0.3) is 6.08 Å². The summed E-state index contributed by atoms with van der Waals surface area (Å²) in [7, 11) is 0. The fourth-order valence-corrected chi connectivity index (χ4v) is 6.99. The molecule has 1 aromatic carbocycles. The molecule has 1 spiro atoms. The van der Waals surface area contributed by atoms with Gasteiger partial charge in [-0.05, 0) is 74.1 Å². The van der Waals surface area contributed by atoms with Gasteiger partial charge in [-0.3, -0.25) is 14.6 Å². The van der Waals surface area contributed by atoms with Crippen molar-refractivity contribution in [2.24, 2.45) is 5.41 Å². The number of rotatable bonds is 10. The molecule has 2 fully saturated rings. The molecule has 2 N–H and O–H groups in total. The highest BCUT2D eigenvalue weighted by molar-refractivity contribution is 7.12. The number of benzene rings is 1. The summed E-state index contributed by atoms with van der Waals surface area (Å²) in [5.41, 5.74) is 2.38. The number of carbonyl (C=O) groups excluding carboxylic acids is 1. The van der Waals surface area contributed by atoms with E-state index in [1.807, 2.05) is 29.5 Å². The predicted octanol–water partition coefficient (Wildman–Crippen LogP) is 5.17. The zero-order valence-corrected chi connectivity index (χ0v) is 23.7. The van der Waals surface area contributed by atoms with E-state index in [4.69, 9.17) is 0 Å². The van der Waals surface area contributed by atoms with Gasteiger partial charge >= 0.3 is 0 Å². The van der Waals surface area contributed by atoms with E-state index in [9.17, 15) is 4.79 Å². The molecule has 6 rings (SSSR count). The summed E-state index contributed by atoms with van der Waals surface area (Å²) >= 11 is 1.86. The highest BCUT2D eigenvalue weighted by Crippen LogP contribution is 2.41. The molecule has 4 aromatic rings. The van der Waals surface area contributed by atoms with Gasteiger partial charge < -0.3 is 14.9 Å². The molecular formula is C31H37N7OS. The number of piperidine rings is 1. The van der Waals surface area contributed by atoms with Gasteiger partial charge in [-0.2, -0.15) is 0 Å². The summed E-state index contributed by atoms with van der Waals surface area (Å²) in [6.45, 7) is 11.3. The topological polar surface area (TPSA) is 84.2 Å². The first-order valence-corrected chi connectivity index (χ1v) is 14.9. The van der Waals surface area contributed by atoms with E-state index in [2.05, 4.69) is 60.6 Å². The maximum atomic E-state index is 13.4. The number of nitrogens with zero attached hydrogens (tertiary/aromatic N) is 5. The van der Waals surface area contributed by atoms with Crippen molar-refractivity contribution in [3.63, 3.8) is 0 Å². The van der Waals surface area contributed by atoms with Crippen LogP contribution in [0.4, 0.5) is 0 Å². The molecule has 0 atom stereocenters. The van der Waals surface area contributed by atoms with Crippen LogP contribution in [0.5, 0.6) is 0 Å². The van der Waals surface area contributed by atoms with Crippen molar-refractivity contribution in [2.45, 2.75) is 45.4 Å². The average molecular weight is 556 g/mol. The standard InChI is InChI=1S/C31H37N7OS/c1-2-26-7-8-27(40-26)20-36-16-9-31(10-17-36)11-18-37(23-31)19-24-3-5-25(6-4-24)30(39)38(21-28-32-12-13-33-28)22-29-34-14-15-35-29/h2-8,12-15H,1,9-11,16-23H2,(H,32,33)(H,34,35). The van der Waals surface area contributed by atoms with E-state index in [1.165, 1.54) is 54.2 Å². The van der Waals surface area contributed by atoms with Gasteiger partial charge in [-0.15, -0.1) is 11.3 Å². The Balaban J connectivity index is 1.02. The quantitative estimate of drug-likeness (QED) is 0.282. The van der Waals surface area contributed by atoms with Crippen molar-refractivity contribution >= 4 is 23.3 Å². The second kappa shape index (κ2) is 11.9. The molecule has 208 valence electrons. The molecule has 0 saturated carbocycles. The predicted molar refractivity (Wildman–Crippen MR) is 158 cm³/mol. The van der Waals surface area contributed by atoms with Gasteiger partial charge in [0.1, 0.15) is 11.6 Å². The molecule has 0 bridgehead atoms. The SMILES string of the molecule is C=Cc1ccc(CN2CCC3(CC2)CCN(Cc2ccc(C(=O)N(Cc4ncc[nH]4)Cc4ncc[nH]4)cc2)C3)s1. The Morgan fingerprint density at radius 2 is 1.57 bits per heavy atom. The number of carbonyl (C=O) groups is 1. The smallest absolute Gasteiger partial charge is 0.254 e. The third-order valence-corrected chi connectivity index (χ3v) is 9.45. The van der Waals surface area contributed by atoms with Crippen LogP contribution in [-0.4, -0.2) is 66.7 Å². The summed E-state index contributed by atoms with van der Waals surface area (Å²) < 4.78 is 0. The molecule has 2 saturated heterocycles. The maximum Gasteiger partial charge on any atom is 0.254 e. The Morgan fingerprint density at radius 1 is 0.925 bits per heavy atom. The number of thiophene rings is 1. The molecule has 40 heavy (non-hydrogen) atoms. The second-order valence-electron chi connectivity index (χ2n) is 11.2. The van der Waals surface area contributed by atoms with Gasteiger partial charge in [0.05, 0.1) is 13.1 Å². The third kappa shape index (κ3) is 6.27. The van der Waals surface area contributed by atoms with Crippen LogP contribution in [0.1, 0.15) is 56.6 Å². The minimum Gasteiger partial charge on any atom is -0.347 e. The van der Waals surface area contributed by atoms with Gasteiger partial charge in [0.15, 0.2) is 0 Å². The zero-order valence-electron chi connectivity index (χ0n) is 22.9. The Bertz CT molecular complexity index is 1350. The Hall–Kier alpha value is -3.53. The second-order valence-corrected chi connectivity index (χ2v) is 12.4. The summed E-state index contributed by atoms with van der Waals surface area (Å²) in [5.74, 6) is 1.46. The highest BCUT2D eigenvalue weighted by atomic mass is 32.1. The number of aromatic amines is 2. The zero-order chi connectivity index (χ0) is 27.4. The lowest BCUT2D eigenvalue weighted by Gasteiger charge is -2.39. The Labute approximate surface area is 239 Å². The largest absolute Gasteiger partial charge is 0.347 e. The number of nitrogens with one attached hydrogen (secondary N) is 2. The van der Waals surface area contributed by atoms with E-state index in [0.717, 1.165) is 31.3 Å². The molecule has 9 heteroatoms. The first kappa shape index (κ1) is 26.7. The number of aromatic nitrogens is 4. The number of amides is 1. The van der Waals surface area contributed by atoms with Crippen LogP contribution in [0.15, 0.2) is 67.8 Å². The molecule has 8 nitrogen and oxygen atoms in total. The van der Waals surface area contributed by atoms with E-state index in [-0.39, 0.29) is 5.91 Å². The van der Waals surface area contributed by atoms with Crippen LogP contribution in [0, 0.1) is 5.41 Å². The van der Waals surface area contributed by atoms with Crippen LogP contribution in [0.2, 0.25) is 0 Å². The number of likely N-dealkylation sites (tertiary alicyclic amines) is 2. The van der Waals surface area contributed by atoms with Crippen LogP contribution >= 0.6 is 11.3 Å². The van der Waals surface area contributed by atoms with Crippen molar-refractivity contribution in [2.75, 3.05) is 26.2 Å². The van der Waals surface area contributed by atoms with Gasteiger partial charge in [-0.25, -0.2) is 9.97 Å². The Morgan fingerprint density at radius 3 is 2.15 bits per heavy atom. The summed E-state index contributed by atoms with van der Waals surface area (Å²) in [5, 5.41) is 0. The van der Waals surface area contributed by atoms with Crippen molar-refractivity contribution in [3.05, 3.63) is 100 Å². The monoisotopic (exact) mass is 555 g/mol. The van der Waals surface area contributed by atoms with Crippen molar-refractivity contribution in [3.8, 4) is 0 Å². The van der Waals surface area contributed by atoms with Gasteiger partial charge in [0.2, 0.25) is 0 Å². The first-order valence-electron chi connectivity index (χ1n) is 14.1. The van der Waals surface area contributed by atoms with E-state index in [1.54, 1.807) is 29.7 Å². The number of hydrogen-bond donors (Lipinski definition) is 2. The van der Waals surface area contributed by atoms with Crippen molar-refractivity contribution in [1.82, 2.24) is 34.6 Å². The molecule has 0 unspecified atom stereocenters. The highest BCUT2D eigenvalue weighted by Gasteiger charge is 2.40. The molecular weight excluding hydrogens is 518 g/mol. The van der Waals surface area contributed by atoms with Crippen LogP contribution in [0.3, 0.4) is 0 Å². The van der Waals surface area contributed by atoms with Crippen molar-refractivity contribution < 1.29 is 4.79 Å². The summed E-state index contributed by atoms with van der Waals surface area (Å²) in [4.78, 5) is 37.9. The van der Waals surface area contributed by atoms with Gasteiger partial charge in [0, 0.05) is 59.7 Å². The Kier molecular flexibility index (Phi) is 7.95. The van der Waals surface area contributed by atoms with Gasteiger partial charge in [-0.1, -0.05) is 24.8 Å². The molecule has 1 amide bonds. The maximum absolute atomic E-state index is 13.4. The number of H-pyrrole nitrogens is 2. The minimum absolute atomic E-state index is 0.0329. The molecule has 3 aromatic heterocycles. The molecule has 0 radical (unpaired) electrons. The number of hydrogen-bond acceptors (Lipinski definition) is 6. The third-order valence-electron chi connectivity index (χ3n) is 8.38. The van der Waals surface area contributed by atoms with Crippen molar-refractivity contribution in [1.29, 1.82) is 0 Å². The first-order chi connectivity index (χ1) is 19.6. The fourth-order valence-electron chi connectivity index (χ4n) is 6.09. The summed E-state index contributed by atoms with van der Waals surface area (Å²) in [6.07, 6.45) is 12.7. The normalized spacial score (nSPS) is 17.4. The molecule has 2 aliphatic rings. The fraction of sp³-hybridized carbons (Fsp3) is 0.387. The van der Waals surface area contributed by atoms with E-state index < -0.39 is 0 Å². The molecule has 0 aliphatic carbocycles. The molecule has 2 aliphatic heterocycles. The average Bonchev–Trinajstić information content (AvgIpc) is 3.80. The lowest BCUT2D eigenvalue weighted by Crippen LogP contribution is -2.41. The summed E-state index contributed by atoms with van der Waals surface area (Å²) in [6, 6.07) is 12.6. The van der Waals surface area contributed by atoms with Crippen LogP contribution < -0.4 is 0 Å². The van der Waals surface area contributed by atoms with Gasteiger partial charge in [0.25, 0.3) is 5.91 Å². The number of imidazole rings is 2. The van der Waals surface area contributed by atoms with E-state index >= 15 is 0 Å². The molecule has 5 heterocycles. The lowest BCUT2D eigenvalue weighted by atomic mass is 9.78. The van der Waals surface area contributed by atoms with E-state index in [0.29, 0.717) is 24.1 Å². The van der Waals surface area contributed by atoms with Crippen LogP contribution in [-0.2, 0) is 26.2 Å². The minimum atomic E-state index is -0.0329.